The number of hydrogen-bond acceptors (Lipinski definition) is 3. The van der Waals surface area contributed by atoms with Crippen LogP contribution in [0.2, 0.25) is 0 Å². The van der Waals surface area contributed by atoms with Crippen LogP contribution in [0.25, 0.3) is 0 Å². The summed E-state index contributed by atoms with van der Waals surface area (Å²) >= 11 is 0. The molecule has 1 saturated heterocycles. The highest BCUT2D eigenvalue weighted by atomic mass is 32.2. The number of carbonyl (C=O) groups is 1. The van der Waals surface area contributed by atoms with Crippen molar-refractivity contribution in [2.45, 2.75) is 38.0 Å². The molecule has 0 aromatic heterocycles. The summed E-state index contributed by atoms with van der Waals surface area (Å²) in [5, 5.41) is 0. The van der Waals surface area contributed by atoms with Crippen LogP contribution in [0, 0.1) is 13.8 Å². The molecule has 0 spiro atoms. The van der Waals surface area contributed by atoms with Crippen molar-refractivity contribution in [1.29, 1.82) is 0 Å². The molecule has 6 heteroatoms. The monoisotopic (exact) mass is 358 g/mol. The third-order valence-corrected chi connectivity index (χ3v) is 6.12. The topological polar surface area (TPSA) is 66.5 Å². The molecule has 1 heterocycles. The molecule has 0 unspecified atom stereocenters. The number of piperidine rings is 1. The molecule has 1 aliphatic rings. The number of aryl methyl sites for hydroxylation is 1. The fourth-order valence-electron chi connectivity index (χ4n) is 3.01. The van der Waals surface area contributed by atoms with Crippen LogP contribution in [-0.2, 0) is 14.8 Å². The predicted octanol–water partition coefficient (Wildman–Crippen LogP) is 3.62. The zero-order chi connectivity index (χ0) is 18.0. The number of rotatable bonds is 4. The van der Waals surface area contributed by atoms with Gasteiger partial charge in [-0.3, -0.25) is 9.52 Å². The molecule has 1 fully saturated rings. The van der Waals surface area contributed by atoms with E-state index in [9.17, 15) is 13.2 Å². The van der Waals surface area contributed by atoms with Crippen LogP contribution < -0.4 is 9.62 Å². The van der Waals surface area contributed by atoms with Crippen LogP contribution in [0.5, 0.6) is 0 Å². The summed E-state index contributed by atoms with van der Waals surface area (Å²) in [4.78, 5) is 14.0. The van der Waals surface area contributed by atoms with E-state index in [-0.39, 0.29) is 10.8 Å². The molecule has 25 heavy (non-hydrogen) atoms. The molecular formula is C19H22N2O3S. The second-order valence-electron chi connectivity index (χ2n) is 6.35. The van der Waals surface area contributed by atoms with Gasteiger partial charge in [0, 0.05) is 24.3 Å². The SMILES string of the molecule is Cc1cccc(S(=O)(=O)Nc2ccc(N3CCCCC3=O)cc2)c1C. The lowest BCUT2D eigenvalue weighted by Crippen LogP contribution is -2.35. The van der Waals surface area contributed by atoms with Crippen LogP contribution in [0.3, 0.4) is 0 Å². The summed E-state index contributed by atoms with van der Waals surface area (Å²) in [6, 6.07) is 12.2. The maximum atomic E-state index is 12.6. The first-order valence-electron chi connectivity index (χ1n) is 8.38. The van der Waals surface area contributed by atoms with Gasteiger partial charge in [-0.2, -0.15) is 0 Å². The van der Waals surface area contributed by atoms with Gasteiger partial charge in [0.25, 0.3) is 10.0 Å². The molecule has 1 N–H and O–H groups in total. The largest absolute Gasteiger partial charge is 0.312 e. The van der Waals surface area contributed by atoms with E-state index in [1.54, 1.807) is 48.2 Å². The maximum absolute atomic E-state index is 12.6. The Morgan fingerprint density at radius 2 is 1.72 bits per heavy atom. The van der Waals surface area contributed by atoms with Gasteiger partial charge in [0.05, 0.1) is 4.90 Å². The number of nitrogens with zero attached hydrogens (tertiary/aromatic N) is 1. The number of benzene rings is 2. The van der Waals surface area contributed by atoms with Crippen molar-refractivity contribution in [2.75, 3.05) is 16.2 Å². The Bertz CT molecular complexity index is 889. The first-order valence-corrected chi connectivity index (χ1v) is 9.86. The van der Waals surface area contributed by atoms with Crippen molar-refractivity contribution in [3.63, 3.8) is 0 Å². The Balaban J connectivity index is 1.81. The summed E-state index contributed by atoms with van der Waals surface area (Å²) in [6.45, 7) is 4.40. The van der Waals surface area contributed by atoms with Crippen molar-refractivity contribution < 1.29 is 13.2 Å². The molecule has 2 aromatic carbocycles. The van der Waals surface area contributed by atoms with E-state index in [1.807, 2.05) is 13.0 Å². The summed E-state index contributed by atoms with van der Waals surface area (Å²) in [5.41, 5.74) is 2.96. The van der Waals surface area contributed by atoms with Gasteiger partial charge in [0.15, 0.2) is 0 Å². The molecule has 2 aromatic rings. The highest BCUT2D eigenvalue weighted by Crippen LogP contribution is 2.25. The van der Waals surface area contributed by atoms with Crippen molar-refractivity contribution in [1.82, 2.24) is 0 Å². The van der Waals surface area contributed by atoms with Crippen LogP contribution in [0.1, 0.15) is 30.4 Å². The van der Waals surface area contributed by atoms with Gasteiger partial charge in [0.1, 0.15) is 0 Å². The number of anilines is 2. The summed E-state index contributed by atoms with van der Waals surface area (Å²) in [7, 11) is -3.65. The molecule has 0 atom stereocenters. The van der Waals surface area contributed by atoms with Gasteiger partial charge in [-0.05, 0) is 68.1 Å². The minimum Gasteiger partial charge on any atom is -0.312 e. The normalized spacial score (nSPS) is 15.3. The van der Waals surface area contributed by atoms with Gasteiger partial charge in [-0.25, -0.2) is 8.42 Å². The summed E-state index contributed by atoms with van der Waals surface area (Å²) in [5.74, 6) is 0.120. The summed E-state index contributed by atoms with van der Waals surface area (Å²) < 4.78 is 27.9. The molecule has 5 nitrogen and oxygen atoms in total. The highest BCUT2D eigenvalue weighted by molar-refractivity contribution is 7.92. The minimum absolute atomic E-state index is 0.120. The molecular weight excluding hydrogens is 336 g/mol. The zero-order valence-electron chi connectivity index (χ0n) is 14.5. The number of carbonyl (C=O) groups excluding carboxylic acids is 1. The molecule has 3 rings (SSSR count). The van der Waals surface area contributed by atoms with E-state index in [2.05, 4.69) is 4.72 Å². The van der Waals surface area contributed by atoms with E-state index in [1.165, 1.54) is 0 Å². The van der Waals surface area contributed by atoms with Crippen LogP contribution in [-0.4, -0.2) is 20.9 Å². The van der Waals surface area contributed by atoms with Crippen molar-refractivity contribution in [2.24, 2.45) is 0 Å². The predicted molar refractivity (Wildman–Crippen MR) is 99.4 cm³/mol. The standard InChI is InChI=1S/C19H22N2O3S/c1-14-6-5-7-18(15(14)2)25(23,24)20-16-9-11-17(12-10-16)21-13-4-3-8-19(21)22/h5-7,9-12,20H,3-4,8,13H2,1-2H3. The van der Waals surface area contributed by atoms with Gasteiger partial charge in [-0.15, -0.1) is 0 Å². The number of nitrogens with one attached hydrogen (secondary N) is 1. The maximum Gasteiger partial charge on any atom is 0.262 e. The Hall–Kier alpha value is -2.34. The fraction of sp³-hybridized carbons (Fsp3) is 0.316. The van der Waals surface area contributed by atoms with E-state index < -0.39 is 10.0 Å². The zero-order valence-corrected chi connectivity index (χ0v) is 15.3. The average Bonchev–Trinajstić information content (AvgIpc) is 2.58. The smallest absolute Gasteiger partial charge is 0.262 e. The number of sulfonamides is 1. The lowest BCUT2D eigenvalue weighted by molar-refractivity contribution is -0.119. The second kappa shape index (κ2) is 6.88. The first-order chi connectivity index (χ1) is 11.9. The molecule has 1 amide bonds. The number of amides is 1. The third kappa shape index (κ3) is 3.69. The molecule has 1 aliphatic heterocycles. The quantitative estimate of drug-likeness (QED) is 0.908. The Labute approximate surface area is 148 Å². The van der Waals surface area contributed by atoms with Crippen molar-refractivity contribution >= 4 is 27.3 Å². The Kier molecular flexibility index (Phi) is 4.81. The lowest BCUT2D eigenvalue weighted by Gasteiger charge is -2.26. The molecule has 132 valence electrons. The fourth-order valence-corrected chi connectivity index (χ4v) is 4.39. The lowest BCUT2D eigenvalue weighted by atomic mass is 10.1. The first kappa shape index (κ1) is 17.5. The van der Waals surface area contributed by atoms with Gasteiger partial charge in [0.2, 0.25) is 5.91 Å². The minimum atomic E-state index is -3.65. The van der Waals surface area contributed by atoms with E-state index in [0.29, 0.717) is 18.7 Å². The average molecular weight is 358 g/mol. The molecule has 0 saturated carbocycles. The summed E-state index contributed by atoms with van der Waals surface area (Å²) in [6.07, 6.45) is 2.50. The highest BCUT2D eigenvalue weighted by Gasteiger charge is 2.20. The van der Waals surface area contributed by atoms with E-state index in [4.69, 9.17) is 0 Å². The van der Waals surface area contributed by atoms with Gasteiger partial charge < -0.3 is 4.90 Å². The Morgan fingerprint density at radius 1 is 1.00 bits per heavy atom. The van der Waals surface area contributed by atoms with Crippen molar-refractivity contribution in [3.8, 4) is 0 Å². The molecule has 0 bridgehead atoms. The van der Waals surface area contributed by atoms with E-state index >= 15 is 0 Å². The Morgan fingerprint density at radius 3 is 2.40 bits per heavy atom. The number of hydrogen-bond donors (Lipinski definition) is 1. The van der Waals surface area contributed by atoms with Gasteiger partial charge >= 0.3 is 0 Å². The van der Waals surface area contributed by atoms with Crippen LogP contribution in [0.4, 0.5) is 11.4 Å². The van der Waals surface area contributed by atoms with Gasteiger partial charge in [-0.1, -0.05) is 12.1 Å². The van der Waals surface area contributed by atoms with Crippen molar-refractivity contribution in [3.05, 3.63) is 53.6 Å². The third-order valence-electron chi connectivity index (χ3n) is 4.60. The van der Waals surface area contributed by atoms with Crippen LogP contribution in [0.15, 0.2) is 47.4 Å². The molecule has 0 aliphatic carbocycles. The second-order valence-corrected chi connectivity index (χ2v) is 8.00. The molecule has 0 radical (unpaired) electrons. The van der Waals surface area contributed by atoms with E-state index in [0.717, 1.165) is 29.7 Å². The van der Waals surface area contributed by atoms with Crippen LogP contribution >= 0.6 is 0 Å².